The Balaban J connectivity index is 1.28. The monoisotopic (exact) mass is 743 g/mol. The van der Waals surface area contributed by atoms with Crippen molar-refractivity contribution < 1.29 is 33.0 Å². The minimum Gasteiger partial charge on any atom is -0.465 e. The molecular formula is C30H36F2IN5O7. The number of aromatic nitrogens is 3. The van der Waals surface area contributed by atoms with Crippen molar-refractivity contribution in [2.75, 3.05) is 31.6 Å². The summed E-state index contributed by atoms with van der Waals surface area (Å²) < 4.78 is 43.5. The molecule has 2 aromatic rings. The number of rotatable bonds is 8. The van der Waals surface area contributed by atoms with Crippen LogP contribution in [0.25, 0.3) is 11.0 Å². The highest BCUT2D eigenvalue weighted by Gasteiger charge is 2.53. The van der Waals surface area contributed by atoms with Crippen LogP contribution >= 0.6 is 22.6 Å². The first kappa shape index (κ1) is 33.0. The number of ether oxygens (including phenoxy) is 2. The Bertz CT molecular complexity index is 1690. The van der Waals surface area contributed by atoms with Crippen LogP contribution in [0.1, 0.15) is 46.1 Å². The molecule has 2 aromatic heterocycles. The van der Waals surface area contributed by atoms with E-state index in [2.05, 4.69) is 10.3 Å². The summed E-state index contributed by atoms with van der Waals surface area (Å²) >= 11 is 1.99. The molecule has 2 aliphatic carbocycles. The number of piperidine rings is 1. The van der Waals surface area contributed by atoms with E-state index in [1.54, 1.807) is 25.7 Å². The predicted octanol–water partition coefficient (Wildman–Crippen LogP) is 3.56. The molecule has 0 bridgehead atoms. The minimum atomic E-state index is -1.19. The molecule has 2 N–H and O–H groups in total. The van der Waals surface area contributed by atoms with Crippen molar-refractivity contribution in [1.82, 2.24) is 19.0 Å². The first-order valence-corrected chi connectivity index (χ1v) is 15.9. The molecular weight excluding hydrogens is 707 g/mol. The molecule has 3 aliphatic rings. The van der Waals surface area contributed by atoms with Crippen molar-refractivity contribution in [3.05, 3.63) is 54.4 Å². The number of likely N-dealkylation sites (tertiary alicyclic amines) is 1. The third-order valence-electron chi connectivity index (χ3n) is 8.37. The molecule has 3 unspecified atom stereocenters. The number of carbonyl (C=O) groups excluding carboxylic acids is 2. The zero-order valence-corrected chi connectivity index (χ0v) is 27.5. The van der Waals surface area contributed by atoms with Gasteiger partial charge < -0.3 is 24.8 Å². The molecule has 0 radical (unpaired) electrons. The number of fused-ring (bicyclic) bond motifs is 2. The molecule has 5 rings (SSSR count). The second kappa shape index (κ2) is 12.8. The van der Waals surface area contributed by atoms with Crippen LogP contribution in [0.15, 0.2) is 37.5 Å². The van der Waals surface area contributed by atoms with Gasteiger partial charge in [-0.2, -0.15) is 4.39 Å². The third-order valence-corrected chi connectivity index (χ3v) is 9.04. The quantitative estimate of drug-likeness (QED) is 0.307. The molecule has 3 heterocycles. The number of pyridine rings is 1. The molecule has 15 heteroatoms. The van der Waals surface area contributed by atoms with Gasteiger partial charge in [0.1, 0.15) is 23.1 Å². The van der Waals surface area contributed by atoms with Crippen molar-refractivity contribution >= 4 is 51.4 Å². The molecule has 1 amide bonds. The number of hydrogen-bond donors (Lipinski definition) is 2. The number of anilines is 1. The van der Waals surface area contributed by atoms with Crippen LogP contribution in [-0.2, 0) is 21.3 Å². The second-order valence-electron chi connectivity index (χ2n) is 12.6. The number of allylic oxidation sites excluding steroid dienone is 2. The van der Waals surface area contributed by atoms with Crippen LogP contribution in [0.3, 0.4) is 0 Å². The number of aliphatic hydroxyl groups is 1. The second-order valence-corrected chi connectivity index (χ2v) is 13.8. The van der Waals surface area contributed by atoms with Gasteiger partial charge in [0.15, 0.2) is 5.65 Å². The lowest BCUT2D eigenvalue weighted by Crippen LogP contribution is -2.43. The van der Waals surface area contributed by atoms with E-state index in [4.69, 9.17) is 9.47 Å². The molecule has 0 aromatic carbocycles. The van der Waals surface area contributed by atoms with E-state index in [-0.39, 0.29) is 41.5 Å². The van der Waals surface area contributed by atoms with Gasteiger partial charge in [-0.25, -0.2) is 14.2 Å². The van der Waals surface area contributed by atoms with E-state index in [0.29, 0.717) is 29.5 Å². The molecule has 244 valence electrons. The lowest BCUT2D eigenvalue weighted by Gasteiger charge is -2.32. The van der Waals surface area contributed by atoms with Gasteiger partial charge in [-0.05, 0) is 62.3 Å². The molecule has 2 fully saturated rings. The van der Waals surface area contributed by atoms with Crippen LogP contribution in [0.5, 0.6) is 0 Å². The van der Waals surface area contributed by atoms with Gasteiger partial charge in [-0.3, -0.25) is 23.5 Å². The normalized spacial score (nSPS) is 22.3. The van der Waals surface area contributed by atoms with Gasteiger partial charge in [0.25, 0.3) is 11.1 Å². The molecule has 4 atom stereocenters. The summed E-state index contributed by atoms with van der Waals surface area (Å²) in [5.74, 6) is -3.21. The summed E-state index contributed by atoms with van der Waals surface area (Å²) in [4.78, 5) is 57.2. The molecule has 1 saturated carbocycles. The van der Waals surface area contributed by atoms with E-state index >= 15 is 4.39 Å². The highest BCUT2D eigenvalue weighted by atomic mass is 127. The van der Waals surface area contributed by atoms with E-state index in [9.17, 15) is 28.7 Å². The first-order valence-electron chi connectivity index (χ1n) is 14.8. The summed E-state index contributed by atoms with van der Waals surface area (Å²) in [6, 6.07) is -1.44. The zero-order chi connectivity index (χ0) is 32.8. The number of hydrogen-bond acceptors (Lipinski definition) is 9. The van der Waals surface area contributed by atoms with Gasteiger partial charge >= 0.3 is 12.1 Å². The van der Waals surface area contributed by atoms with Crippen LogP contribution in [0, 0.1) is 23.6 Å². The maximum atomic E-state index is 15.4. The van der Waals surface area contributed by atoms with Gasteiger partial charge in [-0.15, -0.1) is 0 Å². The minimum absolute atomic E-state index is 0.0507. The highest BCUT2D eigenvalue weighted by molar-refractivity contribution is 14.1. The number of aryl methyl sites for hydroxylation is 1. The van der Waals surface area contributed by atoms with E-state index in [0.717, 1.165) is 15.5 Å². The Labute approximate surface area is 271 Å². The number of amides is 1. The summed E-state index contributed by atoms with van der Waals surface area (Å²) in [5.41, 5.74) is -2.78. The molecule has 12 nitrogen and oxygen atoms in total. The summed E-state index contributed by atoms with van der Waals surface area (Å²) in [5, 5.41) is 12.8. The number of nitrogens with one attached hydrogen (secondary N) is 1. The molecule has 1 aliphatic heterocycles. The lowest BCUT2D eigenvalue weighted by atomic mass is 9.97. The number of nitrogens with zero attached hydrogens (tertiary/aromatic N) is 4. The number of carbonyl (C=O) groups is 2. The topological polar surface area (TPSA) is 145 Å². The SMILES string of the molecule is Cn1c(=O)c(F)c(NC2C3C=C(I)C=C(F)[C@H]32)c2c(=O)n(C(CO)CCOC(=O)C3CCN(C(=O)OC(C)(C)C)CC3)cnc21. The fourth-order valence-electron chi connectivity index (χ4n) is 5.85. The summed E-state index contributed by atoms with van der Waals surface area (Å²) in [6.07, 6.45) is 4.83. The van der Waals surface area contributed by atoms with Gasteiger partial charge in [0, 0.05) is 48.0 Å². The van der Waals surface area contributed by atoms with Crippen molar-refractivity contribution in [2.45, 2.75) is 57.7 Å². The smallest absolute Gasteiger partial charge is 0.410 e. The maximum absolute atomic E-state index is 15.4. The molecule has 45 heavy (non-hydrogen) atoms. The van der Waals surface area contributed by atoms with Crippen LogP contribution in [0.2, 0.25) is 0 Å². The Kier molecular flexibility index (Phi) is 9.40. The maximum Gasteiger partial charge on any atom is 0.410 e. The molecule has 1 saturated heterocycles. The Morgan fingerprint density at radius 3 is 2.53 bits per heavy atom. The average Bonchev–Trinajstić information content (AvgIpc) is 3.68. The van der Waals surface area contributed by atoms with Crippen LogP contribution < -0.4 is 16.4 Å². The fourth-order valence-corrected chi connectivity index (χ4v) is 6.57. The predicted molar refractivity (Wildman–Crippen MR) is 169 cm³/mol. The van der Waals surface area contributed by atoms with Gasteiger partial charge in [0.2, 0.25) is 5.82 Å². The first-order chi connectivity index (χ1) is 21.2. The van der Waals surface area contributed by atoms with Crippen molar-refractivity contribution in [3.8, 4) is 0 Å². The van der Waals surface area contributed by atoms with Crippen molar-refractivity contribution in [1.29, 1.82) is 0 Å². The van der Waals surface area contributed by atoms with E-state index < -0.39 is 65.1 Å². The largest absolute Gasteiger partial charge is 0.465 e. The Hall–Kier alpha value is -3.34. The Morgan fingerprint density at radius 2 is 1.89 bits per heavy atom. The standard InChI is InChI=1S/C30H36F2IN5O7/c1-30(2,3)45-29(43)37-8-5-15(6-9-37)28(42)44-10-7-17(13-39)38-14-34-25-21(26(38)40)24(22(32)27(41)36(25)4)35-23-18-11-16(33)12-19(31)20(18)23/h11-12,14-15,17-18,20,23,35,39H,5-10,13H2,1-4H3/t17?,18?,20-,23?/m0/s1. The van der Waals surface area contributed by atoms with E-state index in [1.165, 1.54) is 13.1 Å². The number of aliphatic hydroxyl groups excluding tert-OH is 1. The van der Waals surface area contributed by atoms with E-state index in [1.807, 2.05) is 28.7 Å². The lowest BCUT2D eigenvalue weighted by molar-refractivity contribution is -0.150. The van der Waals surface area contributed by atoms with Crippen LogP contribution in [-0.4, -0.2) is 74.1 Å². The molecule has 0 spiro atoms. The van der Waals surface area contributed by atoms with Gasteiger partial charge in [0.05, 0.1) is 30.9 Å². The summed E-state index contributed by atoms with van der Waals surface area (Å²) in [7, 11) is 1.29. The summed E-state index contributed by atoms with van der Waals surface area (Å²) in [6.45, 7) is 5.42. The average molecular weight is 744 g/mol. The van der Waals surface area contributed by atoms with Crippen LogP contribution in [0.4, 0.5) is 19.3 Å². The number of esters is 1. The van der Waals surface area contributed by atoms with Gasteiger partial charge in [-0.1, -0.05) is 6.08 Å². The third kappa shape index (κ3) is 6.78. The van der Waals surface area contributed by atoms with Crippen molar-refractivity contribution in [3.63, 3.8) is 0 Å². The zero-order valence-electron chi connectivity index (χ0n) is 25.4. The fraction of sp³-hybridized carbons (Fsp3) is 0.567. The Morgan fingerprint density at radius 1 is 1.20 bits per heavy atom. The number of halogens is 3. The van der Waals surface area contributed by atoms with Crippen molar-refractivity contribution in [2.24, 2.45) is 24.8 Å². The highest BCUT2D eigenvalue weighted by Crippen LogP contribution is 2.52.